The number of hydrogen-bond acceptors (Lipinski definition) is 2. The fourth-order valence-electron chi connectivity index (χ4n) is 1.70. The lowest BCUT2D eigenvalue weighted by atomic mass is 9.93. The van der Waals surface area contributed by atoms with Gasteiger partial charge in [-0.2, -0.15) is 0 Å². The maximum Gasteiger partial charge on any atom is 0.0477 e. The Morgan fingerprint density at radius 2 is 2.36 bits per heavy atom. The molecule has 0 spiro atoms. The first-order valence-electron chi connectivity index (χ1n) is 4.55. The van der Waals surface area contributed by atoms with Crippen molar-refractivity contribution in [1.82, 2.24) is 5.32 Å². The van der Waals surface area contributed by atoms with Crippen LogP contribution in [0, 0.1) is 5.92 Å². The summed E-state index contributed by atoms with van der Waals surface area (Å²) >= 11 is 0. The largest absolute Gasteiger partial charge is 0.385 e. The number of rotatable bonds is 3. The van der Waals surface area contributed by atoms with Gasteiger partial charge in [-0.3, -0.25) is 0 Å². The molecule has 0 aromatic rings. The van der Waals surface area contributed by atoms with Crippen LogP contribution in [-0.2, 0) is 4.74 Å². The molecule has 0 aromatic carbocycles. The van der Waals surface area contributed by atoms with Crippen LogP contribution >= 0.6 is 0 Å². The molecule has 0 saturated carbocycles. The third-order valence-electron chi connectivity index (χ3n) is 2.43. The molecule has 2 atom stereocenters. The molecule has 0 aromatic heterocycles. The first kappa shape index (κ1) is 9.01. The van der Waals surface area contributed by atoms with E-state index in [1.165, 1.54) is 25.8 Å². The number of nitrogens with one attached hydrogen (secondary N) is 1. The highest BCUT2D eigenvalue weighted by molar-refractivity contribution is 4.75. The number of hydrogen-bond donors (Lipinski definition) is 1. The molecule has 2 nitrogen and oxygen atoms in total. The van der Waals surface area contributed by atoms with E-state index in [2.05, 4.69) is 12.2 Å². The molecule has 2 unspecified atom stereocenters. The Hall–Kier alpha value is -0.0800. The van der Waals surface area contributed by atoms with Gasteiger partial charge < -0.3 is 10.1 Å². The van der Waals surface area contributed by atoms with Crippen LogP contribution in [0.2, 0.25) is 0 Å². The van der Waals surface area contributed by atoms with Crippen LogP contribution in [-0.4, -0.2) is 26.3 Å². The van der Waals surface area contributed by atoms with Gasteiger partial charge in [0, 0.05) is 19.8 Å². The summed E-state index contributed by atoms with van der Waals surface area (Å²) in [5.41, 5.74) is 0. The lowest BCUT2D eigenvalue weighted by molar-refractivity contribution is 0.170. The van der Waals surface area contributed by atoms with Crippen LogP contribution in [0.3, 0.4) is 0 Å². The second-order valence-electron chi connectivity index (χ2n) is 3.56. The Balaban J connectivity index is 2.12. The Morgan fingerprint density at radius 1 is 1.55 bits per heavy atom. The minimum atomic E-state index is 0.707. The van der Waals surface area contributed by atoms with Gasteiger partial charge in [0.05, 0.1) is 0 Å². The summed E-state index contributed by atoms with van der Waals surface area (Å²) < 4.78 is 5.04. The first-order valence-corrected chi connectivity index (χ1v) is 4.55. The van der Waals surface area contributed by atoms with Crippen LogP contribution in [0.25, 0.3) is 0 Å². The summed E-state index contributed by atoms with van der Waals surface area (Å²) in [4.78, 5) is 0. The Morgan fingerprint density at radius 3 is 3.00 bits per heavy atom. The second-order valence-corrected chi connectivity index (χ2v) is 3.56. The third-order valence-corrected chi connectivity index (χ3v) is 2.43. The highest BCUT2D eigenvalue weighted by atomic mass is 16.5. The molecule has 0 radical (unpaired) electrons. The van der Waals surface area contributed by atoms with Gasteiger partial charge in [0.2, 0.25) is 0 Å². The standard InChI is InChI=1S/C9H19NO/c1-8-3-5-10-9(7-8)4-6-11-2/h8-10H,3-7H2,1-2H3. The van der Waals surface area contributed by atoms with Crippen molar-refractivity contribution in [3.05, 3.63) is 0 Å². The zero-order valence-electron chi connectivity index (χ0n) is 7.60. The molecule has 0 amide bonds. The van der Waals surface area contributed by atoms with Gasteiger partial charge >= 0.3 is 0 Å². The monoisotopic (exact) mass is 157 g/mol. The second kappa shape index (κ2) is 4.73. The van der Waals surface area contributed by atoms with E-state index in [4.69, 9.17) is 4.74 Å². The van der Waals surface area contributed by atoms with E-state index in [0.29, 0.717) is 6.04 Å². The molecule has 11 heavy (non-hydrogen) atoms. The van der Waals surface area contributed by atoms with Crippen molar-refractivity contribution in [2.45, 2.75) is 32.2 Å². The summed E-state index contributed by atoms with van der Waals surface area (Å²) in [6.45, 7) is 4.42. The first-order chi connectivity index (χ1) is 5.33. The summed E-state index contributed by atoms with van der Waals surface area (Å²) in [5, 5.41) is 3.50. The van der Waals surface area contributed by atoms with Gasteiger partial charge in [-0.25, -0.2) is 0 Å². The highest BCUT2D eigenvalue weighted by Crippen LogP contribution is 2.16. The zero-order chi connectivity index (χ0) is 8.10. The average molecular weight is 157 g/mol. The summed E-state index contributed by atoms with van der Waals surface area (Å²) in [6, 6.07) is 0.707. The molecule has 1 N–H and O–H groups in total. The SMILES string of the molecule is COCCC1CC(C)CCN1. The number of methoxy groups -OCH3 is 1. The molecule has 1 heterocycles. The van der Waals surface area contributed by atoms with Crippen LogP contribution in [0.15, 0.2) is 0 Å². The molecular weight excluding hydrogens is 138 g/mol. The molecule has 1 aliphatic heterocycles. The van der Waals surface area contributed by atoms with Crippen molar-refractivity contribution in [3.8, 4) is 0 Å². The van der Waals surface area contributed by atoms with Gasteiger partial charge in [0.15, 0.2) is 0 Å². The molecule has 2 heteroatoms. The summed E-state index contributed by atoms with van der Waals surface area (Å²) in [5.74, 6) is 0.901. The molecule has 0 bridgehead atoms. The van der Waals surface area contributed by atoms with E-state index in [-0.39, 0.29) is 0 Å². The highest BCUT2D eigenvalue weighted by Gasteiger charge is 2.16. The molecule has 1 rings (SSSR count). The third kappa shape index (κ3) is 3.21. The Kier molecular flexibility index (Phi) is 3.87. The van der Waals surface area contributed by atoms with Gasteiger partial charge in [-0.05, 0) is 31.7 Å². The van der Waals surface area contributed by atoms with E-state index in [0.717, 1.165) is 12.5 Å². The lowest BCUT2D eigenvalue weighted by Crippen LogP contribution is -2.37. The predicted molar refractivity (Wildman–Crippen MR) is 46.7 cm³/mol. The molecule has 1 saturated heterocycles. The minimum absolute atomic E-state index is 0.707. The van der Waals surface area contributed by atoms with Crippen molar-refractivity contribution in [1.29, 1.82) is 0 Å². The smallest absolute Gasteiger partial charge is 0.0477 e. The van der Waals surface area contributed by atoms with E-state index in [1.807, 2.05) is 0 Å². The zero-order valence-corrected chi connectivity index (χ0v) is 7.60. The van der Waals surface area contributed by atoms with Gasteiger partial charge in [-0.1, -0.05) is 6.92 Å². The van der Waals surface area contributed by atoms with Gasteiger partial charge in [-0.15, -0.1) is 0 Å². The van der Waals surface area contributed by atoms with E-state index in [9.17, 15) is 0 Å². The van der Waals surface area contributed by atoms with Crippen molar-refractivity contribution >= 4 is 0 Å². The Labute approximate surface area is 69.3 Å². The summed E-state index contributed by atoms with van der Waals surface area (Å²) in [6.07, 6.45) is 3.83. The van der Waals surface area contributed by atoms with Crippen LogP contribution < -0.4 is 5.32 Å². The predicted octanol–water partition coefficient (Wildman–Crippen LogP) is 1.41. The van der Waals surface area contributed by atoms with Crippen molar-refractivity contribution < 1.29 is 4.74 Å². The van der Waals surface area contributed by atoms with E-state index < -0.39 is 0 Å². The number of piperidine rings is 1. The fraction of sp³-hybridized carbons (Fsp3) is 1.00. The lowest BCUT2D eigenvalue weighted by Gasteiger charge is -2.27. The Bertz CT molecular complexity index is 106. The topological polar surface area (TPSA) is 21.3 Å². The van der Waals surface area contributed by atoms with Gasteiger partial charge in [0.1, 0.15) is 0 Å². The fourth-order valence-corrected chi connectivity index (χ4v) is 1.70. The van der Waals surface area contributed by atoms with Crippen molar-refractivity contribution in [2.75, 3.05) is 20.3 Å². The number of ether oxygens (including phenoxy) is 1. The van der Waals surface area contributed by atoms with Crippen LogP contribution in [0.4, 0.5) is 0 Å². The minimum Gasteiger partial charge on any atom is -0.385 e. The molecule has 0 aliphatic carbocycles. The van der Waals surface area contributed by atoms with Crippen LogP contribution in [0.1, 0.15) is 26.2 Å². The van der Waals surface area contributed by atoms with Crippen molar-refractivity contribution in [2.24, 2.45) is 5.92 Å². The maximum absolute atomic E-state index is 5.04. The molecule has 66 valence electrons. The molecular formula is C9H19NO. The van der Waals surface area contributed by atoms with E-state index >= 15 is 0 Å². The average Bonchev–Trinajstić information content (AvgIpc) is 2.01. The van der Waals surface area contributed by atoms with Crippen molar-refractivity contribution in [3.63, 3.8) is 0 Å². The summed E-state index contributed by atoms with van der Waals surface area (Å²) in [7, 11) is 1.77. The van der Waals surface area contributed by atoms with Gasteiger partial charge in [0.25, 0.3) is 0 Å². The molecule has 1 fully saturated rings. The van der Waals surface area contributed by atoms with Crippen LogP contribution in [0.5, 0.6) is 0 Å². The maximum atomic E-state index is 5.04. The normalized spacial score (nSPS) is 32.2. The quantitative estimate of drug-likeness (QED) is 0.669. The molecule has 1 aliphatic rings. The van der Waals surface area contributed by atoms with E-state index in [1.54, 1.807) is 7.11 Å².